The van der Waals surface area contributed by atoms with Crippen LogP contribution in [0, 0.1) is 23.6 Å². The van der Waals surface area contributed by atoms with Crippen molar-refractivity contribution in [3.63, 3.8) is 0 Å². The Morgan fingerprint density at radius 2 is 2.24 bits per heavy atom. The number of likely N-dealkylation sites (tertiary alicyclic amines) is 1. The summed E-state index contributed by atoms with van der Waals surface area (Å²) in [6.07, 6.45) is 1.75. The lowest BCUT2D eigenvalue weighted by molar-refractivity contribution is 0.0620. The highest BCUT2D eigenvalue weighted by molar-refractivity contribution is 5.94. The Morgan fingerprint density at radius 1 is 1.43 bits per heavy atom. The number of aliphatic hydroxyl groups excluding tert-OH is 2. The highest BCUT2D eigenvalue weighted by Gasteiger charge is 2.24. The number of amides is 1. The number of hydrogen-bond donors (Lipinski definition) is 2. The third kappa shape index (κ3) is 3.81. The first-order valence-corrected chi connectivity index (χ1v) is 6.95. The molecule has 0 bridgehead atoms. The second kappa shape index (κ2) is 7.21. The van der Waals surface area contributed by atoms with Crippen LogP contribution in [0.2, 0.25) is 0 Å². The molecule has 1 aliphatic heterocycles. The Balaban J connectivity index is 2.14. The summed E-state index contributed by atoms with van der Waals surface area (Å²) < 4.78 is 13.8. The molecule has 1 fully saturated rings. The molecule has 1 aliphatic rings. The van der Waals surface area contributed by atoms with E-state index >= 15 is 0 Å². The van der Waals surface area contributed by atoms with Gasteiger partial charge in [-0.3, -0.25) is 4.79 Å². The second-order valence-corrected chi connectivity index (χ2v) is 5.10. The summed E-state index contributed by atoms with van der Waals surface area (Å²) in [5, 5.41) is 17.8. The van der Waals surface area contributed by atoms with Gasteiger partial charge in [-0.05, 0) is 37.0 Å². The molecule has 2 N–H and O–H groups in total. The standard InChI is InChI=1S/C16H18FNO3/c17-15-9-14(6-5-13(15)4-2-8-19)16(21)18-7-1-3-12(10-18)11-20/h5-6,9,12,19-20H,1,3,7-8,10-11H2. The van der Waals surface area contributed by atoms with Crippen molar-refractivity contribution in [2.75, 3.05) is 26.3 Å². The van der Waals surface area contributed by atoms with Gasteiger partial charge in [-0.25, -0.2) is 4.39 Å². The Bertz CT molecular complexity index is 577. The van der Waals surface area contributed by atoms with Crippen molar-refractivity contribution >= 4 is 5.91 Å². The van der Waals surface area contributed by atoms with Crippen LogP contribution in [0.15, 0.2) is 18.2 Å². The molecule has 0 saturated carbocycles. The quantitative estimate of drug-likeness (QED) is 0.800. The molecule has 1 saturated heterocycles. The van der Waals surface area contributed by atoms with Gasteiger partial charge in [-0.15, -0.1) is 0 Å². The molecule has 1 unspecified atom stereocenters. The minimum absolute atomic E-state index is 0.0633. The minimum atomic E-state index is -0.572. The summed E-state index contributed by atoms with van der Waals surface area (Å²) in [6.45, 7) is 0.857. The van der Waals surface area contributed by atoms with Crippen LogP contribution >= 0.6 is 0 Å². The van der Waals surface area contributed by atoms with E-state index in [0.29, 0.717) is 13.1 Å². The van der Waals surface area contributed by atoms with E-state index in [9.17, 15) is 14.3 Å². The molecule has 0 aliphatic carbocycles. The lowest BCUT2D eigenvalue weighted by Crippen LogP contribution is -2.41. The van der Waals surface area contributed by atoms with Gasteiger partial charge in [0.05, 0.1) is 5.56 Å². The Morgan fingerprint density at radius 3 is 2.90 bits per heavy atom. The number of carbonyl (C=O) groups excluding carboxylic acids is 1. The van der Waals surface area contributed by atoms with E-state index < -0.39 is 5.82 Å². The van der Waals surface area contributed by atoms with Crippen molar-refractivity contribution in [1.29, 1.82) is 0 Å². The van der Waals surface area contributed by atoms with E-state index in [2.05, 4.69) is 11.8 Å². The van der Waals surface area contributed by atoms with Gasteiger partial charge in [-0.2, -0.15) is 0 Å². The molecule has 0 spiro atoms. The summed E-state index contributed by atoms with van der Waals surface area (Å²) in [5.41, 5.74) is 0.438. The van der Waals surface area contributed by atoms with Crippen LogP contribution in [0.1, 0.15) is 28.8 Å². The van der Waals surface area contributed by atoms with E-state index in [1.54, 1.807) is 4.90 Å². The summed E-state index contributed by atoms with van der Waals surface area (Å²) in [7, 11) is 0. The van der Waals surface area contributed by atoms with Gasteiger partial charge in [0.25, 0.3) is 5.91 Å². The lowest BCUT2D eigenvalue weighted by atomic mass is 9.98. The van der Waals surface area contributed by atoms with Crippen molar-refractivity contribution in [3.8, 4) is 11.8 Å². The SMILES string of the molecule is O=C(c1ccc(C#CCO)c(F)c1)N1CCCC(CO)C1. The number of nitrogens with zero attached hydrogens (tertiary/aromatic N) is 1. The summed E-state index contributed by atoms with van der Waals surface area (Å²) in [6, 6.07) is 4.15. The van der Waals surface area contributed by atoms with Gasteiger partial charge >= 0.3 is 0 Å². The molecule has 5 heteroatoms. The van der Waals surface area contributed by atoms with Crippen molar-refractivity contribution in [2.45, 2.75) is 12.8 Å². The molecule has 1 heterocycles. The first-order valence-electron chi connectivity index (χ1n) is 6.95. The third-order valence-electron chi connectivity index (χ3n) is 3.58. The molecule has 1 amide bonds. The van der Waals surface area contributed by atoms with Crippen molar-refractivity contribution in [3.05, 3.63) is 35.1 Å². The van der Waals surface area contributed by atoms with E-state index in [1.807, 2.05) is 0 Å². The zero-order valence-corrected chi connectivity index (χ0v) is 11.7. The Hall–Kier alpha value is -1.90. The number of halogens is 1. The van der Waals surface area contributed by atoms with Gasteiger partial charge in [0.15, 0.2) is 0 Å². The van der Waals surface area contributed by atoms with Crippen LogP contribution < -0.4 is 0 Å². The lowest BCUT2D eigenvalue weighted by Gasteiger charge is -2.31. The highest BCUT2D eigenvalue weighted by Crippen LogP contribution is 2.19. The normalized spacial score (nSPS) is 18.0. The predicted octanol–water partition coefficient (Wildman–Crippen LogP) is 1.01. The van der Waals surface area contributed by atoms with Crippen molar-refractivity contribution in [2.24, 2.45) is 5.92 Å². The van der Waals surface area contributed by atoms with Gasteiger partial charge in [0, 0.05) is 25.3 Å². The number of rotatable bonds is 2. The smallest absolute Gasteiger partial charge is 0.253 e. The van der Waals surface area contributed by atoms with Crippen LogP contribution in [-0.4, -0.2) is 47.3 Å². The summed E-state index contributed by atoms with van der Waals surface area (Å²) in [4.78, 5) is 14.0. The number of aliphatic hydroxyl groups is 2. The zero-order chi connectivity index (χ0) is 15.2. The average molecular weight is 291 g/mol. The molecule has 1 atom stereocenters. The first-order chi connectivity index (χ1) is 10.2. The van der Waals surface area contributed by atoms with Gasteiger partial charge in [0.2, 0.25) is 0 Å². The van der Waals surface area contributed by atoms with E-state index in [0.717, 1.165) is 12.8 Å². The number of piperidine rings is 1. The van der Waals surface area contributed by atoms with Gasteiger partial charge in [0.1, 0.15) is 12.4 Å². The molecule has 0 radical (unpaired) electrons. The predicted molar refractivity (Wildman–Crippen MR) is 76.1 cm³/mol. The topological polar surface area (TPSA) is 60.8 Å². The van der Waals surface area contributed by atoms with Gasteiger partial charge in [-0.1, -0.05) is 11.8 Å². The molecule has 1 aromatic rings. The van der Waals surface area contributed by atoms with E-state index in [1.165, 1.54) is 18.2 Å². The first kappa shape index (κ1) is 15.5. The third-order valence-corrected chi connectivity index (χ3v) is 3.58. The fourth-order valence-corrected chi connectivity index (χ4v) is 2.47. The fraction of sp³-hybridized carbons (Fsp3) is 0.438. The Labute approximate surface area is 123 Å². The average Bonchev–Trinajstić information content (AvgIpc) is 2.53. The largest absolute Gasteiger partial charge is 0.396 e. The molecular weight excluding hydrogens is 273 g/mol. The molecular formula is C16H18FNO3. The van der Waals surface area contributed by atoms with Gasteiger partial charge < -0.3 is 15.1 Å². The number of carbonyl (C=O) groups is 1. The maximum Gasteiger partial charge on any atom is 0.253 e. The molecule has 4 nitrogen and oxygen atoms in total. The number of benzene rings is 1. The van der Waals surface area contributed by atoms with Crippen molar-refractivity contribution < 1.29 is 19.4 Å². The monoisotopic (exact) mass is 291 g/mol. The van der Waals surface area contributed by atoms with Crippen LogP contribution in [0.5, 0.6) is 0 Å². The maximum atomic E-state index is 13.8. The number of hydrogen-bond acceptors (Lipinski definition) is 3. The van der Waals surface area contributed by atoms with Crippen LogP contribution in [0.25, 0.3) is 0 Å². The molecule has 1 aromatic carbocycles. The zero-order valence-electron chi connectivity index (χ0n) is 11.7. The van der Waals surface area contributed by atoms with Crippen LogP contribution in [-0.2, 0) is 0 Å². The second-order valence-electron chi connectivity index (χ2n) is 5.10. The van der Waals surface area contributed by atoms with Crippen LogP contribution in [0.3, 0.4) is 0 Å². The molecule has 2 rings (SSSR count). The summed E-state index contributed by atoms with van der Waals surface area (Å²) in [5.74, 6) is 4.16. The Kier molecular flexibility index (Phi) is 5.32. The molecule has 21 heavy (non-hydrogen) atoms. The molecule has 112 valence electrons. The van der Waals surface area contributed by atoms with E-state index in [-0.39, 0.29) is 36.2 Å². The fourth-order valence-electron chi connectivity index (χ4n) is 2.47. The highest BCUT2D eigenvalue weighted by atomic mass is 19.1. The minimum Gasteiger partial charge on any atom is -0.396 e. The summed E-state index contributed by atoms with van der Waals surface area (Å²) >= 11 is 0. The van der Waals surface area contributed by atoms with Crippen molar-refractivity contribution in [1.82, 2.24) is 4.90 Å². The van der Waals surface area contributed by atoms with Crippen LogP contribution in [0.4, 0.5) is 4.39 Å². The molecule has 0 aromatic heterocycles. The van der Waals surface area contributed by atoms with E-state index in [4.69, 9.17) is 5.11 Å². The maximum absolute atomic E-state index is 13.8.